The molecule has 0 saturated carbocycles. The molecule has 9 heteroatoms. The molecule has 190 valence electrons. The van der Waals surface area contributed by atoms with E-state index in [-0.39, 0.29) is 18.3 Å². The molecule has 0 fully saturated rings. The summed E-state index contributed by atoms with van der Waals surface area (Å²) >= 11 is 1.42. The van der Waals surface area contributed by atoms with E-state index in [1.165, 1.54) is 18.3 Å². The number of nitrogen functional groups attached to an aromatic ring is 1. The zero-order chi connectivity index (χ0) is 26.2. The summed E-state index contributed by atoms with van der Waals surface area (Å²) in [5.41, 5.74) is 8.18. The number of ether oxygens (including phenoxy) is 2. The van der Waals surface area contributed by atoms with Crippen molar-refractivity contribution < 1.29 is 19.1 Å². The number of hydrogen-bond acceptors (Lipinski definition) is 6. The van der Waals surface area contributed by atoms with Crippen LogP contribution >= 0.6 is 11.3 Å². The number of amidine groups is 1. The molecule has 4 rings (SSSR count). The molecule has 0 aliphatic carbocycles. The fourth-order valence-electron chi connectivity index (χ4n) is 3.73. The van der Waals surface area contributed by atoms with Crippen LogP contribution in [0.4, 0.5) is 10.5 Å². The molecule has 37 heavy (non-hydrogen) atoms. The normalized spacial score (nSPS) is 11.5. The third-order valence-corrected chi connectivity index (χ3v) is 6.71. The van der Waals surface area contributed by atoms with Gasteiger partial charge >= 0.3 is 6.09 Å². The van der Waals surface area contributed by atoms with Gasteiger partial charge in [0, 0.05) is 29.2 Å². The second kappa shape index (κ2) is 12.0. The average molecular weight is 517 g/mol. The first-order valence-corrected chi connectivity index (χ1v) is 12.6. The Hall–Kier alpha value is -4.37. The molecule has 1 unspecified atom stereocenters. The second-order valence-corrected chi connectivity index (χ2v) is 9.45. The van der Waals surface area contributed by atoms with Crippen LogP contribution in [0.5, 0.6) is 5.75 Å². The first kappa shape index (κ1) is 25.7. The van der Waals surface area contributed by atoms with Crippen LogP contribution in [0.2, 0.25) is 0 Å². The van der Waals surface area contributed by atoms with Gasteiger partial charge in [-0.3, -0.25) is 15.5 Å². The third-order valence-electron chi connectivity index (χ3n) is 5.58. The van der Waals surface area contributed by atoms with E-state index in [9.17, 15) is 9.59 Å². The predicted octanol–water partition coefficient (Wildman–Crippen LogP) is 5.23. The van der Waals surface area contributed by atoms with E-state index in [1.54, 1.807) is 12.1 Å². The number of nitrogens with two attached hydrogens (primary N) is 1. The van der Waals surface area contributed by atoms with Gasteiger partial charge in [0.05, 0.1) is 4.88 Å². The summed E-state index contributed by atoms with van der Waals surface area (Å²) in [7, 11) is 0. The molecule has 5 N–H and O–H groups in total. The van der Waals surface area contributed by atoms with Crippen molar-refractivity contribution in [1.82, 2.24) is 5.32 Å². The predicted molar refractivity (Wildman–Crippen MR) is 146 cm³/mol. The lowest BCUT2D eigenvalue weighted by Crippen LogP contribution is -2.22. The molecule has 8 nitrogen and oxygen atoms in total. The maximum atomic E-state index is 12.6. The summed E-state index contributed by atoms with van der Waals surface area (Å²) in [5, 5.41) is 14.1. The Morgan fingerprint density at radius 3 is 2.49 bits per heavy atom. The summed E-state index contributed by atoms with van der Waals surface area (Å²) in [4.78, 5) is 24.2. The number of hydrogen-bond donors (Lipinski definition) is 4. The molecule has 0 radical (unpaired) electrons. The van der Waals surface area contributed by atoms with Crippen LogP contribution in [0, 0.1) is 5.41 Å². The molecular formula is C28H28N4O4S. The maximum Gasteiger partial charge on any atom is 0.411 e. The monoisotopic (exact) mass is 516 g/mol. The lowest BCUT2D eigenvalue weighted by molar-refractivity contribution is -0.118. The van der Waals surface area contributed by atoms with Gasteiger partial charge in [-0.05, 0) is 47.9 Å². The van der Waals surface area contributed by atoms with Crippen LogP contribution in [-0.2, 0) is 16.0 Å². The molecule has 0 saturated heterocycles. The average Bonchev–Trinajstić information content (AvgIpc) is 3.34. The van der Waals surface area contributed by atoms with Gasteiger partial charge in [-0.25, -0.2) is 4.79 Å². The zero-order valence-electron chi connectivity index (χ0n) is 20.3. The first-order valence-electron chi connectivity index (χ1n) is 11.7. The third kappa shape index (κ3) is 7.08. The van der Waals surface area contributed by atoms with Crippen LogP contribution in [0.1, 0.15) is 29.0 Å². The topological polar surface area (TPSA) is 127 Å². The molecule has 3 aromatic carbocycles. The highest BCUT2D eigenvalue weighted by Gasteiger charge is 2.19. The first-order chi connectivity index (χ1) is 17.9. The van der Waals surface area contributed by atoms with Gasteiger partial charge in [-0.15, -0.1) is 11.3 Å². The Labute approximate surface area is 218 Å². The highest BCUT2D eigenvalue weighted by Crippen LogP contribution is 2.35. The molecule has 0 spiro atoms. The molecule has 1 heterocycles. The Morgan fingerprint density at radius 2 is 1.78 bits per heavy atom. The van der Waals surface area contributed by atoms with Crippen molar-refractivity contribution in [2.24, 2.45) is 5.73 Å². The Bertz CT molecular complexity index is 1390. The standard InChI is InChI=1S/C28H28N4O4S/c1-18(33)31-15-14-19-10-12-21(13-11-19)32-28(34)35-17-24(20-6-3-2-4-7-20)36-23-8-5-9-25-22(23)16-26(37-25)27(29)30/h2-13,16,24H,14-15,17H2,1H3,(H3,29,30)(H,31,33)(H,32,34). The van der Waals surface area contributed by atoms with Crippen molar-refractivity contribution in [3.8, 4) is 5.75 Å². The van der Waals surface area contributed by atoms with E-state index in [2.05, 4.69) is 10.6 Å². The van der Waals surface area contributed by atoms with Crippen LogP contribution in [-0.4, -0.2) is 31.0 Å². The summed E-state index contributed by atoms with van der Waals surface area (Å²) in [5.74, 6) is 0.563. The molecule has 2 amide bonds. The van der Waals surface area contributed by atoms with E-state index in [1.807, 2.05) is 66.7 Å². The van der Waals surface area contributed by atoms with Gasteiger partial charge < -0.3 is 20.5 Å². The highest BCUT2D eigenvalue weighted by molar-refractivity contribution is 7.20. The van der Waals surface area contributed by atoms with Gasteiger partial charge in [0.2, 0.25) is 5.91 Å². The smallest absolute Gasteiger partial charge is 0.411 e. The van der Waals surface area contributed by atoms with E-state index in [0.29, 0.717) is 29.3 Å². The fraction of sp³-hybridized carbons (Fsp3) is 0.179. The number of carbonyl (C=O) groups is 2. The molecule has 4 aromatic rings. The summed E-state index contributed by atoms with van der Waals surface area (Å²) < 4.78 is 12.8. The van der Waals surface area contributed by atoms with E-state index < -0.39 is 12.2 Å². The minimum absolute atomic E-state index is 0.00697. The molecule has 1 aromatic heterocycles. The van der Waals surface area contributed by atoms with Crippen LogP contribution in [0.25, 0.3) is 10.1 Å². The minimum atomic E-state index is -0.594. The van der Waals surface area contributed by atoms with Crippen molar-refractivity contribution in [3.63, 3.8) is 0 Å². The largest absolute Gasteiger partial charge is 0.481 e. The van der Waals surface area contributed by atoms with Crippen LogP contribution in [0.15, 0.2) is 78.9 Å². The van der Waals surface area contributed by atoms with Gasteiger partial charge in [-0.1, -0.05) is 48.5 Å². The Morgan fingerprint density at radius 1 is 1.03 bits per heavy atom. The number of rotatable bonds is 10. The van der Waals surface area contributed by atoms with Crippen LogP contribution < -0.4 is 21.1 Å². The van der Waals surface area contributed by atoms with Gasteiger partial charge in [0.1, 0.15) is 18.2 Å². The number of anilines is 1. The zero-order valence-corrected chi connectivity index (χ0v) is 21.1. The van der Waals surface area contributed by atoms with Crippen LogP contribution in [0.3, 0.4) is 0 Å². The van der Waals surface area contributed by atoms with Crippen molar-refractivity contribution >= 4 is 44.9 Å². The van der Waals surface area contributed by atoms with E-state index in [0.717, 1.165) is 21.2 Å². The SMILES string of the molecule is CC(=O)NCCc1ccc(NC(=O)OCC(Oc2cccc3sc(C(=N)N)cc23)c2ccccc2)cc1. The molecule has 0 aliphatic rings. The lowest BCUT2D eigenvalue weighted by atomic mass is 10.1. The van der Waals surface area contributed by atoms with Crippen molar-refractivity contribution in [2.45, 2.75) is 19.4 Å². The molecular weight excluding hydrogens is 488 g/mol. The number of fused-ring (bicyclic) bond motifs is 1. The summed E-state index contributed by atoms with van der Waals surface area (Å²) in [6, 6.07) is 24.4. The van der Waals surface area contributed by atoms with Crippen molar-refractivity contribution in [2.75, 3.05) is 18.5 Å². The number of nitrogens with one attached hydrogen (secondary N) is 3. The highest BCUT2D eigenvalue weighted by atomic mass is 32.1. The quantitative estimate of drug-likeness (QED) is 0.170. The maximum absolute atomic E-state index is 12.6. The lowest BCUT2D eigenvalue weighted by Gasteiger charge is -2.20. The molecule has 0 aliphatic heterocycles. The number of benzene rings is 3. The number of amides is 2. The van der Waals surface area contributed by atoms with Gasteiger partial charge in [-0.2, -0.15) is 0 Å². The second-order valence-electron chi connectivity index (χ2n) is 8.36. The summed E-state index contributed by atoms with van der Waals surface area (Å²) in [6.07, 6.45) is -0.442. The fourth-order valence-corrected chi connectivity index (χ4v) is 4.67. The van der Waals surface area contributed by atoms with Gasteiger partial charge in [0.25, 0.3) is 0 Å². The Kier molecular flexibility index (Phi) is 8.37. The van der Waals surface area contributed by atoms with Crippen molar-refractivity contribution in [3.05, 3.63) is 94.9 Å². The van der Waals surface area contributed by atoms with E-state index in [4.69, 9.17) is 20.6 Å². The van der Waals surface area contributed by atoms with Crippen molar-refractivity contribution in [1.29, 1.82) is 5.41 Å². The van der Waals surface area contributed by atoms with Gasteiger partial charge in [0.15, 0.2) is 6.10 Å². The molecule has 0 bridgehead atoms. The Balaban J connectivity index is 1.42. The number of thiophene rings is 1. The summed E-state index contributed by atoms with van der Waals surface area (Å²) in [6.45, 7) is 2.03. The minimum Gasteiger partial charge on any atom is -0.481 e. The van der Waals surface area contributed by atoms with E-state index >= 15 is 0 Å². The number of carbonyl (C=O) groups excluding carboxylic acids is 2. The molecule has 1 atom stereocenters.